The SMILES string of the molecule is [Ce+4].[Ce+4].[Ce+4].[Cl-].[Cl-].[Cl-].[Cl-].[Cl-].[Cl-].[Cl-].[Cl-].[Cl-].[Cl-].[Cl-].[Cl-].[Cl-].[Cl-].[Cl-].[Cl-].[Ge+4].[V].c1ccc(P(c2ccccc2)c2ccccc2)cc1.c1ccc(P(c2ccccc2)c2ccccc2)cc1. The maximum Gasteiger partial charge on any atom is 4.00 e. The van der Waals surface area contributed by atoms with E-state index < -0.39 is 15.8 Å². The molecule has 0 N–H and O–H groups in total. The molecular formula is C36H30Ce3Cl16GeP2V. The number of hydrogen-bond donors (Lipinski definition) is 0. The van der Waals surface area contributed by atoms with E-state index in [0.717, 1.165) is 0 Å². The Hall–Kier alpha value is 6.08. The van der Waals surface area contributed by atoms with Gasteiger partial charge in [0, 0.05) is 18.6 Å². The van der Waals surface area contributed by atoms with Crippen molar-refractivity contribution in [1.82, 2.24) is 0 Å². The van der Waals surface area contributed by atoms with Gasteiger partial charge in [-0.1, -0.05) is 182 Å². The molecule has 0 heterocycles. The van der Waals surface area contributed by atoms with Crippen molar-refractivity contribution in [3.8, 4) is 0 Å². The first-order valence-corrected chi connectivity index (χ1v) is 15.5. The molecule has 1 radical (unpaired) electrons. The summed E-state index contributed by atoms with van der Waals surface area (Å²) in [6, 6.07) is 64.7. The molecule has 0 aromatic heterocycles. The molecule has 0 bridgehead atoms. The molecule has 0 saturated carbocycles. The molecule has 0 atom stereocenters. The van der Waals surface area contributed by atoms with E-state index in [4.69, 9.17) is 0 Å². The van der Waals surface area contributed by atoms with E-state index in [1.807, 2.05) is 0 Å². The maximum atomic E-state index is 2.23. The minimum Gasteiger partial charge on any atom is -1.00 e. The molecule has 0 aliphatic carbocycles. The third-order valence-corrected chi connectivity index (χ3v) is 11.0. The van der Waals surface area contributed by atoms with Crippen LogP contribution in [-0.4, -0.2) is 17.6 Å². The van der Waals surface area contributed by atoms with Crippen molar-refractivity contribution in [2.45, 2.75) is 0 Å². The van der Waals surface area contributed by atoms with Crippen LogP contribution < -0.4 is 230 Å². The number of hydrogen-bond acceptors (Lipinski definition) is 0. The summed E-state index contributed by atoms with van der Waals surface area (Å²) in [5.41, 5.74) is 0. The van der Waals surface area contributed by atoms with Crippen molar-refractivity contribution >= 4 is 65.3 Å². The Labute approximate surface area is 578 Å². The second-order valence-corrected chi connectivity index (χ2v) is 13.1. The molecule has 0 spiro atoms. The molecule has 0 aliphatic rings. The Morgan fingerprint density at radius 2 is 0.271 bits per heavy atom. The molecule has 23 heteroatoms. The topological polar surface area (TPSA) is 0 Å². The standard InChI is InChI=1S/2C18H15P.3Ce.16ClH.Ge.V/c2*1-4-10-16(11-5-1)19(17-12-6-2-7-13-17)18-14-8-3-9-15-18;;;;;;;;;;;;;;;;;;;;;/h2*1-15H;;;;16*1H;;/q;;3*+4;;;;;;;;;;;;;;;;;+4;/p-16. The second kappa shape index (κ2) is 70.6. The van der Waals surface area contributed by atoms with Gasteiger partial charge in [0.25, 0.3) is 0 Å². The van der Waals surface area contributed by atoms with Gasteiger partial charge in [0.1, 0.15) is 0 Å². The summed E-state index contributed by atoms with van der Waals surface area (Å²) >= 11 is 0. The van der Waals surface area contributed by atoms with Crippen LogP contribution in [0.2, 0.25) is 0 Å². The smallest absolute Gasteiger partial charge is 1.00 e. The van der Waals surface area contributed by atoms with Gasteiger partial charge in [-0.3, -0.25) is 0 Å². The third kappa shape index (κ3) is 40.5. The summed E-state index contributed by atoms with van der Waals surface area (Å²) in [5.74, 6) is 0. The summed E-state index contributed by atoms with van der Waals surface area (Å²) in [6.07, 6.45) is 0. The minimum absolute atomic E-state index is 0. The Balaban J connectivity index is -0.0000000294. The van der Waals surface area contributed by atoms with Gasteiger partial charge in [-0.25, -0.2) is 0 Å². The molecule has 0 amide bonds. The fourth-order valence-electron chi connectivity index (χ4n) is 4.36. The summed E-state index contributed by atoms with van der Waals surface area (Å²) in [7, 11) is -0.892. The van der Waals surface area contributed by atoms with E-state index in [-0.39, 0.29) is 360 Å². The van der Waals surface area contributed by atoms with Crippen LogP contribution in [0.25, 0.3) is 0 Å². The van der Waals surface area contributed by atoms with Crippen LogP contribution in [0.15, 0.2) is 182 Å². The molecule has 0 fully saturated rings. The quantitative estimate of drug-likeness (QED) is 0.115. The van der Waals surface area contributed by atoms with Crippen molar-refractivity contribution < 1.29 is 342 Å². The maximum absolute atomic E-state index is 2.23. The number of benzene rings is 6. The van der Waals surface area contributed by atoms with Gasteiger partial charge in [0.05, 0.1) is 0 Å². The molecule has 6 aromatic carbocycles. The van der Waals surface area contributed by atoms with Gasteiger partial charge in [-0.05, 0) is 47.7 Å². The molecule has 0 nitrogen and oxygen atoms in total. The summed E-state index contributed by atoms with van der Waals surface area (Å²) in [4.78, 5) is 0. The van der Waals surface area contributed by atoms with E-state index in [0.29, 0.717) is 0 Å². The summed E-state index contributed by atoms with van der Waals surface area (Å²) in [6.45, 7) is 0. The zero-order chi connectivity index (χ0) is 25.8. The van der Waals surface area contributed by atoms with Gasteiger partial charge in [0.15, 0.2) is 0 Å². The molecule has 6 rings (SSSR count). The normalized spacial score (nSPS) is 6.81. The van der Waals surface area contributed by atoms with Crippen LogP contribution >= 0.6 is 15.8 Å². The van der Waals surface area contributed by atoms with Crippen molar-refractivity contribution in [2.24, 2.45) is 0 Å². The first-order valence-electron chi connectivity index (χ1n) is 12.8. The third-order valence-electron chi connectivity index (χ3n) is 6.09. The first kappa shape index (κ1) is 116. The first-order chi connectivity index (χ1) is 18.9. The van der Waals surface area contributed by atoms with E-state index in [1.165, 1.54) is 31.8 Å². The van der Waals surface area contributed by atoms with E-state index >= 15 is 0 Å². The van der Waals surface area contributed by atoms with Crippen molar-refractivity contribution in [1.29, 1.82) is 0 Å². The molecule has 59 heavy (non-hydrogen) atoms. The predicted octanol–water partition coefficient (Wildman–Crippen LogP) is -41.4. The van der Waals surface area contributed by atoms with Crippen LogP contribution in [0.5, 0.6) is 0 Å². The Kier molecular flexibility index (Phi) is 138. The zero-order valence-corrected chi connectivity index (χ0v) is 56.5. The average Bonchev–Trinajstić information content (AvgIpc) is 3.01. The number of rotatable bonds is 6. The molecule has 0 unspecified atom stereocenters. The summed E-state index contributed by atoms with van der Waals surface area (Å²) < 4.78 is 0. The molecule has 6 aromatic rings. The molecule has 317 valence electrons. The van der Waals surface area contributed by atoms with Crippen LogP contribution in [-0.2, 0) is 18.6 Å². The van der Waals surface area contributed by atoms with Crippen LogP contribution in [0, 0.1) is 125 Å². The Bertz CT molecular complexity index is 1240. The Morgan fingerprint density at radius 1 is 0.186 bits per heavy atom. The van der Waals surface area contributed by atoms with Crippen molar-refractivity contribution in [2.75, 3.05) is 0 Å². The van der Waals surface area contributed by atoms with Crippen molar-refractivity contribution in [3.63, 3.8) is 0 Å². The van der Waals surface area contributed by atoms with Gasteiger partial charge in [0.2, 0.25) is 0 Å². The minimum atomic E-state index is -0.446. The molecular weight excluding hydrogens is 1610 g/mol. The van der Waals surface area contributed by atoms with Crippen molar-refractivity contribution in [3.05, 3.63) is 182 Å². The van der Waals surface area contributed by atoms with Crippen LogP contribution in [0.3, 0.4) is 0 Å². The average molecular weight is 1640 g/mol. The molecule has 0 saturated heterocycles. The summed E-state index contributed by atoms with van der Waals surface area (Å²) in [5, 5.41) is 8.39. The zero-order valence-electron chi connectivity index (χ0n) is 29.7. The second-order valence-electron chi connectivity index (χ2n) is 8.68. The molecule has 0 aliphatic heterocycles. The van der Waals surface area contributed by atoms with E-state index in [2.05, 4.69) is 182 Å². The monoisotopic (exact) mass is 1630 g/mol. The van der Waals surface area contributed by atoms with Gasteiger partial charge in [-0.15, -0.1) is 0 Å². The fourth-order valence-corrected chi connectivity index (χ4v) is 8.97. The van der Waals surface area contributed by atoms with Crippen LogP contribution in [0.1, 0.15) is 0 Å². The largest absolute Gasteiger partial charge is 4.00 e. The van der Waals surface area contributed by atoms with Gasteiger partial charge >= 0.3 is 143 Å². The van der Waals surface area contributed by atoms with E-state index in [9.17, 15) is 0 Å². The fraction of sp³-hybridized carbons (Fsp3) is 0. The van der Waals surface area contributed by atoms with Gasteiger partial charge in [-0.2, -0.15) is 0 Å². The number of halogens is 16. The predicted molar refractivity (Wildman–Crippen MR) is 176 cm³/mol. The van der Waals surface area contributed by atoms with E-state index in [1.54, 1.807) is 0 Å². The van der Waals surface area contributed by atoms with Gasteiger partial charge < -0.3 is 199 Å². The van der Waals surface area contributed by atoms with Crippen LogP contribution in [0.4, 0.5) is 0 Å². The Morgan fingerprint density at radius 3 is 0.356 bits per heavy atom.